The van der Waals surface area contributed by atoms with Gasteiger partial charge in [0.1, 0.15) is 0 Å². The zero-order valence-corrected chi connectivity index (χ0v) is 13.1. The highest BCUT2D eigenvalue weighted by Crippen LogP contribution is 2.25. The molecule has 2 aromatic carbocycles. The molecule has 5 nitrogen and oxygen atoms in total. The van der Waals surface area contributed by atoms with Gasteiger partial charge in [-0.1, -0.05) is 41.4 Å². The topological polar surface area (TPSA) is 72.2 Å². The second-order valence-corrected chi connectivity index (χ2v) is 5.45. The maximum Gasteiger partial charge on any atom is 0.270 e. The zero-order chi connectivity index (χ0) is 16.3. The van der Waals surface area contributed by atoms with Crippen LogP contribution in [0.15, 0.2) is 42.5 Å². The Morgan fingerprint density at radius 1 is 1.18 bits per heavy atom. The molecule has 2 rings (SSSR count). The standard InChI is InChI=1S/C15H12Cl2N2O3/c1-9(11-4-2-3-5-13(11)16)18-15(20)12-7-6-10(19(21)22)8-14(12)17/h2-9H,1H3,(H,18,20)/t9-/m1/s1. The highest BCUT2D eigenvalue weighted by Gasteiger charge is 2.18. The average Bonchev–Trinajstić information content (AvgIpc) is 2.47. The molecule has 0 bridgehead atoms. The Morgan fingerprint density at radius 3 is 2.45 bits per heavy atom. The van der Waals surface area contributed by atoms with Crippen LogP contribution in [0.1, 0.15) is 28.9 Å². The van der Waals surface area contributed by atoms with E-state index < -0.39 is 10.8 Å². The lowest BCUT2D eigenvalue weighted by Gasteiger charge is -2.16. The summed E-state index contributed by atoms with van der Waals surface area (Å²) in [5.74, 6) is -0.424. The van der Waals surface area contributed by atoms with Gasteiger partial charge < -0.3 is 5.32 Å². The van der Waals surface area contributed by atoms with Crippen LogP contribution in [0.4, 0.5) is 5.69 Å². The van der Waals surface area contributed by atoms with Crippen molar-refractivity contribution in [2.24, 2.45) is 0 Å². The van der Waals surface area contributed by atoms with E-state index in [-0.39, 0.29) is 22.3 Å². The summed E-state index contributed by atoms with van der Waals surface area (Å²) in [6.07, 6.45) is 0. The first kappa shape index (κ1) is 16.3. The van der Waals surface area contributed by atoms with Crippen molar-refractivity contribution in [3.05, 3.63) is 73.8 Å². The van der Waals surface area contributed by atoms with Gasteiger partial charge in [-0.25, -0.2) is 0 Å². The fourth-order valence-electron chi connectivity index (χ4n) is 1.98. The fraction of sp³-hybridized carbons (Fsp3) is 0.133. The molecule has 1 N–H and O–H groups in total. The Morgan fingerprint density at radius 2 is 1.86 bits per heavy atom. The number of carbonyl (C=O) groups is 1. The number of hydrogen-bond donors (Lipinski definition) is 1. The predicted molar refractivity (Wildman–Crippen MR) is 85.4 cm³/mol. The quantitative estimate of drug-likeness (QED) is 0.663. The van der Waals surface area contributed by atoms with Gasteiger partial charge in [0.2, 0.25) is 0 Å². The number of nitro groups is 1. The van der Waals surface area contributed by atoms with Crippen LogP contribution in [-0.2, 0) is 0 Å². The van der Waals surface area contributed by atoms with E-state index in [0.717, 1.165) is 11.6 Å². The molecule has 0 spiro atoms. The Bertz CT molecular complexity index is 734. The van der Waals surface area contributed by atoms with E-state index >= 15 is 0 Å². The first-order chi connectivity index (χ1) is 10.4. The second-order valence-electron chi connectivity index (χ2n) is 4.64. The third-order valence-corrected chi connectivity index (χ3v) is 3.78. The molecule has 0 radical (unpaired) electrons. The largest absolute Gasteiger partial charge is 0.345 e. The Kier molecular flexibility index (Phi) is 5.00. The molecule has 0 saturated carbocycles. The van der Waals surface area contributed by atoms with Crippen LogP contribution in [0, 0.1) is 10.1 Å². The minimum Gasteiger partial charge on any atom is -0.345 e. The van der Waals surface area contributed by atoms with E-state index in [1.807, 2.05) is 12.1 Å². The van der Waals surface area contributed by atoms with E-state index in [1.165, 1.54) is 12.1 Å². The molecular weight excluding hydrogens is 327 g/mol. The van der Waals surface area contributed by atoms with Crippen molar-refractivity contribution in [1.29, 1.82) is 0 Å². The Hall–Kier alpha value is -2.11. The normalized spacial score (nSPS) is 11.8. The van der Waals surface area contributed by atoms with Crippen molar-refractivity contribution in [3.63, 3.8) is 0 Å². The number of nitro benzene ring substituents is 1. The predicted octanol–water partition coefficient (Wildman–Crippen LogP) is 4.39. The number of benzene rings is 2. The van der Waals surface area contributed by atoms with E-state index in [4.69, 9.17) is 23.2 Å². The smallest absolute Gasteiger partial charge is 0.270 e. The number of rotatable bonds is 4. The summed E-state index contributed by atoms with van der Waals surface area (Å²) >= 11 is 12.0. The Labute approximate surface area is 137 Å². The van der Waals surface area contributed by atoms with Crippen LogP contribution in [0.3, 0.4) is 0 Å². The van der Waals surface area contributed by atoms with Crippen LogP contribution < -0.4 is 5.32 Å². The third-order valence-electron chi connectivity index (χ3n) is 3.13. The summed E-state index contributed by atoms with van der Waals surface area (Å²) < 4.78 is 0. The molecule has 22 heavy (non-hydrogen) atoms. The molecular formula is C15H12Cl2N2O3. The number of nitrogens with zero attached hydrogens (tertiary/aromatic N) is 1. The average molecular weight is 339 g/mol. The number of hydrogen-bond acceptors (Lipinski definition) is 3. The van der Waals surface area contributed by atoms with Crippen molar-refractivity contribution in [2.75, 3.05) is 0 Å². The molecule has 1 atom stereocenters. The summed E-state index contributed by atoms with van der Waals surface area (Å²) in [5.41, 5.74) is 0.780. The number of non-ortho nitro benzene ring substituents is 1. The van der Waals surface area contributed by atoms with Gasteiger partial charge in [0.25, 0.3) is 11.6 Å². The lowest BCUT2D eigenvalue weighted by Crippen LogP contribution is -2.27. The first-order valence-corrected chi connectivity index (χ1v) is 7.15. The minimum atomic E-state index is -0.570. The van der Waals surface area contributed by atoms with Gasteiger partial charge in [-0.05, 0) is 24.6 Å². The molecule has 0 heterocycles. The van der Waals surface area contributed by atoms with Gasteiger partial charge in [0.05, 0.1) is 21.6 Å². The SMILES string of the molecule is C[C@@H](NC(=O)c1ccc([N+](=O)[O-])cc1Cl)c1ccccc1Cl. The van der Waals surface area contributed by atoms with Crippen molar-refractivity contribution in [2.45, 2.75) is 13.0 Å². The van der Waals surface area contributed by atoms with Gasteiger partial charge in [-0.2, -0.15) is 0 Å². The van der Waals surface area contributed by atoms with Gasteiger partial charge in [0.15, 0.2) is 0 Å². The van der Waals surface area contributed by atoms with Gasteiger partial charge in [0, 0.05) is 17.2 Å². The number of halogens is 2. The summed E-state index contributed by atoms with van der Waals surface area (Å²) in [6.45, 7) is 1.79. The maximum absolute atomic E-state index is 12.2. The molecule has 0 aliphatic carbocycles. The molecule has 114 valence electrons. The minimum absolute atomic E-state index is 0.0260. The lowest BCUT2D eigenvalue weighted by atomic mass is 10.1. The maximum atomic E-state index is 12.2. The molecule has 1 amide bonds. The van der Waals surface area contributed by atoms with Gasteiger partial charge in [-0.15, -0.1) is 0 Å². The lowest BCUT2D eigenvalue weighted by molar-refractivity contribution is -0.384. The summed E-state index contributed by atoms with van der Waals surface area (Å²) in [7, 11) is 0. The van der Waals surface area contributed by atoms with Crippen LogP contribution in [0.2, 0.25) is 10.0 Å². The highest BCUT2D eigenvalue weighted by molar-refractivity contribution is 6.34. The molecule has 0 aliphatic heterocycles. The summed E-state index contributed by atoms with van der Waals surface area (Å²) in [4.78, 5) is 22.3. The molecule has 2 aromatic rings. The van der Waals surface area contributed by atoms with Crippen molar-refractivity contribution in [1.82, 2.24) is 5.32 Å². The molecule has 0 aromatic heterocycles. The van der Waals surface area contributed by atoms with Crippen molar-refractivity contribution >= 4 is 34.8 Å². The van der Waals surface area contributed by atoms with Crippen LogP contribution >= 0.6 is 23.2 Å². The van der Waals surface area contributed by atoms with Crippen molar-refractivity contribution < 1.29 is 9.72 Å². The highest BCUT2D eigenvalue weighted by atomic mass is 35.5. The molecule has 0 saturated heterocycles. The van der Waals surface area contributed by atoms with Crippen LogP contribution in [0.5, 0.6) is 0 Å². The van der Waals surface area contributed by atoms with E-state index in [9.17, 15) is 14.9 Å². The fourth-order valence-corrected chi connectivity index (χ4v) is 2.54. The third kappa shape index (κ3) is 3.55. The number of nitrogens with one attached hydrogen (secondary N) is 1. The molecule has 0 unspecified atom stereocenters. The summed E-state index contributed by atoms with van der Waals surface area (Å²) in [6, 6.07) is 10.6. The van der Waals surface area contributed by atoms with E-state index in [1.54, 1.807) is 19.1 Å². The van der Waals surface area contributed by atoms with Gasteiger partial charge in [-0.3, -0.25) is 14.9 Å². The summed E-state index contributed by atoms with van der Waals surface area (Å²) in [5, 5.41) is 14.0. The molecule has 0 aliphatic rings. The van der Waals surface area contributed by atoms with E-state index in [0.29, 0.717) is 5.02 Å². The van der Waals surface area contributed by atoms with Crippen LogP contribution in [0.25, 0.3) is 0 Å². The number of amides is 1. The monoisotopic (exact) mass is 338 g/mol. The molecule has 0 fully saturated rings. The van der Waals surface area contributed by atoms with Crippen molar-refractivity contribution in [3.8, 4) is 0 Å². The number of carbonyl (C=O) groups excluding carboxylic acids is 1. The second kappa shape index (κ2) is 6.77. The Balaban J connectivity index is 2.19. The van der Waals surface area contributed by atoms with Crippen LogP contribution in [-0.4, -0.2) is 10.8 Å². The van der Waals surface area contributed by atoms with Gasteiger partial charge >= 0.3 is 0 Å². The zero-order valence-electron chi connectivity index (χ0n) is 11.5. The van der Waals surface area contributed by atoms with E-state index in [2.05, 4.69) is 5.32 Å². The molecule has 7 heteroatoms. The first-order valence-electron chi connectivity index (χ1n) is 6.39.